The first-order chi connectivity index (χ1) is 9.24. The van der Waals surface area contributed by atoms with Crippen LogP contribution in [0.3, 0.4) is 0 Å². The van der Waals surface area contributed by atoms with Crippen molar-refractivity contribution in [1.29, 1.82) is 0 Å². The van der Waals surface area contributed by atoms with Gasteiger partial charge in [-0.25, -0.2) is 15.1 Å². The number of aromatic amines is 1. The van der Waals surface area contributed by atoms with Crippen molar-refractivity contribution in [2.75, 3.05) is 0 Å². The molecule has 0 atom stereocenters. The molecule has 1 aromatic carbocycles. The molecule has 0 saturated heterocycles. The third-order valence-corrected chi connectivity index (χ3v) is 3.21. The third kappa shape index (κ3) is 3.16. The fourth-order valence-electron chi connectivity index (χ4n) is 1.57. The first-order valence-electron chi connectivity index (χ1n) is 5.25. The summed E-state index contributed by atoms with van der Waals surface area (Å²) in [6.45, 7) is 0. The number of halogens is 2. The van der Waals surface area contributed by atoms with E-state index in [1.807, 2.05) is 6.07 Å². The summed E-state index contributed by atoms with van der Waals surface area (Å²) in [6, 6.07) is 7.06. The molecule has 95 valence electrons. The van der Waals surface area contributed by atoms with Crippen LogP contribution in [0.25, 0.3) is 22.8 Å². The summed E-state index contributed by atoms with van der Waals surface area (Å²) in [5.74, 6) is 0.476. The van der Waals surface area contributed by atoms with Gasteiger partial charge in [0.05, 0.1) is 15.7 Å². The van der Waals surface area contributed by atoms with Gasteiger partial charge < -0.3 is 0 Å². The van der Waals surface area contributed by atoms with Gasteiger partial charge in [0.25, 0.3) is 0 Å². The van der Waals surface area contributed by atoms with Crippen molar-refractivity contribution in [3.05, 3.63) is 40.6 Å². The maximum atomic E-state index is 5.99. The first-order valence-corrected chi connectivity index (χ1v) is 6.01. The van der Waals surface area contributed by atoms with E-state index in [2.05, 4.69) is 30.6 Å². The number of nitrogens with one attached hydrogen (secondary N) is 1. The van der Waals surface area contributed by atoms with Gasteiger partial charge in [-0.1, -0.05) is 29.3 Å². The molecular formula is C11H6Cl2N6Na. The van der Waals surface area contributed by atoms with Gasteiger partial charge in [-0.05, 0) is 28.6 Å². The Morgan fingerprint density at radius 2 is 1.75 bits per heavy atom. The minimum atomic E-state index is 0. The van der Waals surface area contributed by atoms with Gasteiger partial charge in [0.15, 0.2) is 5.82 Å². The Morgan fingerprint density at radius 1 is 0.950 bits per heavy atom. The SMILES string of the molecule is Clc1ccc(-c2cc(-c3nnn[nH]3)ncn2)cc1Cl.[Na]. The molecule has 1 N–H and O–H groups in total. The van der Waals surface area contributed by atoms with E-state index in [-0.39, 0.29) is 29.6 Å². The molecule has 0 aliphatic rings. The molecule has 3 rings (SSSR count). The number of H-pyrrole nitrogens is 1. The van der Waals surface area contributed by atoms with Crippen LogP contribution in [-0.2, 0) is 0 Å². The molecule has 1 radical (unpaired) electrons. The van der Waals surface area contributed by atoms with Crippen LogP contribution in [0.1, 0.15) is 0 Å². The monoisotopic (exact) mass is 315 g/mol. The number of nitrogens with zero attached hydrogens (tertiary/aromatic N) is 5. The van der Waals surface area contributed by atoms with Crippen molar-refractivity contribution in [3.63, 3.8) is 0 Å². The summed E-state index contributed by atoms with van der Waals surface area (Å²) in [4.78, 5) is 8.30. The maximum absolute atomic E-state index is 5.99. The predicted octanol–water partition coefficient (Wildman–Crippen LogP) is 2.25. The number of aromatic nitrogens is 6. The van der Waals surface area contributed by atoms with Gasteiger partial charge in [0.2, 0.25) is 0 Å². The predicted molar refractivity (Wildman–Crippen MR) is 76.4 cm³/mol. The largest absolute Gasteiger partial charge is 0.238 e. The van der Waals surface area contributed by atoms with Crippen molar-refractivity contribution < 1.29 is 0 Å². The summed E-state index contributed by atoms with van der Waals surface area (Å²) in [7, 11) is 0. The quantitative estimate of drug-likeness (QED) is 0.734. The molecule has 0 bridgehead atoms. The van der Waals surface area contributed by atoms with Crippen LogP contribution in [0.15, 0.2) is 30.6 Å². The van der Waals surface area contributed by atoms with Gasteiger partial charge in [0, 0.05) is 35.1 Å². The molecule has 0 amide bonds. The molecule has 0 spiro atoms. The van der Waals surface area contributed by atoms with Crippen LogP contribution in [0.5, 0.6) is 0 Å². The van der Waals surface area contributed by atoms with Gasteiger partial charge >= 0.3 is 0 Å². The zero-order valence-electron chi connectivity index (χ0n) is 10.4. The maximum Gasteiger partial charge on any atom is 0.198 e. The topological polar surface area (TPSA) is 80.2 Å². The fourth-order valence-corrected chi connectivity index (χ4v) is 1.87. The molecule has 6 nitrogen and oxygen atoms in total. The van der Waals surface area contributed by atoms with E-state index in [0.29, 0.717) is 27.3 Å². The second-order valence-electron chi connectivity index (χ2n) is 3.67. The third-order valence-electron chi connectivity index (χ3n) is 2.47. The van der Waals surface area contributed by atoms with E-state index >= 15 is 0 Å². The normalized spacial score (nSPS) is 10.1. The Labute approximate surface area is 146 Å². The Balaban J connectivity index is 0.00000147. The molecular weight excluding hydrogens is 310 g/mol. The molecule has 0 aliphatic heterocycles. The average Bonchev–Trinajstić information content (AvgIpc) is 2.96. The minimum Gasteiger partial charge on any atom is -0.238 e. The van der Waals surface area contributed by atoms with Crippen molar-refractivity contribution in [3.8, 4) is 22.8 Å². The zero-order chi connectivity index (χ0) is 13.2. The van der Waals surface area contributed by atoms with Crippen LogP contribution < -0.4 is 0 Å². The summed E-state index contributed by atoms with van der Waals surface area (Å²) in [5, 5.41) is 14.4. The first kappa shape index (κ1) is 15.3. The minimum absolute atomic E-state index is 0. The second kappa shape index (κ2) is 6.60. The number of hydrogen-bond donors (Lipinski definition) is 1. The van der Waals surface area contributed by atoms with Gasteiger partial charge in [-0.15, -0.1) is 5.10 Å². The molecule has 20 heavy (non-hydrogen) atoms. The summed E-state index contributed by atoms with van der Waals surface area (Å²) in [6.07, 6.45) is 1.44. The van der Waals surface area contributed by atoms with Gasteiger partial charge in [0.1, 0.15) is 12.0 Å². The molecule has 9 heteroatoms. The van der Waals surface area contributed by atoms with Crippen LogP contribution in [0.4, 0.5) is 0 Å². The van der Waals surface area contributed by atoms with E-state index in [0.717, 1.165) is 5.56 Å². The van der Waals surface area contributed by atoms with Gasteiger partial charge in [-0.2, -0.15) is 0 Å². The van der Waals surface area contributed by atoms with E-state index in [4.69, 9.17) is 23.2 Å². The summed E-state index contributed by atoms with van der Waals surface area (Å²) >= 11 is 11.9. The van der Waals surface area contributed by atoms with Gasteiger partial charge in [-0.3, -0.25) is 0 Å². The molecule has 0 saturated carbocycles. The van der Waals surface area contributed by atoms with Crippen molar-refractivity contribution >= 4 is 52.8 Å². The summed E-state index contributed by atoms with van der Waals surface area (Å²) < 4.78 is 0. The van der Waals surface area contributed by atoms with E-state index in [9.17, 15) is 0 Å². The molecule has 0 aliphatic carbocycles. The molecule has 3 aromatic rings. The van der Waals surface area contributed by atoms with Crippen molar-refractivity contribution in [1.82, 2.24) is 30.6 Å². The summed E-state index contributed by atoms with van der Waals surface area (Å²) in [5.41, 5.74) is 2.14. The number of hydrogen-bond acceptors (Lipinski definition) is 5. The Kier molecular flexibility index (Phi) is 5.06. The number of benzene rings is 1. The average molecular weight is 316 g/mol. The molecule has 2 aromatic heterocycles. The fraction of sp³-hybridized carbons (Fsp3) is 0. The smallest absolute Gasteiger partial charge is 0.198 e. The number of tetrazole rings is 1. The molecule has 2 heterocycles. The van der Waals surface area contributed by atoms with Crippen molar-refractivity contribution in [2.45, 2.75) is 0 Å². The van der Waals surface area contributed by atoms with E-state index in [1.165, 1.54) is 6.33 Å². The number of rotatable bonds is 2. The van der Waals surface area contributed by atoms with Crippen molar-refractivity contribution in [2.24, 2.45) is 0 Å². The Hall–Kier alpha value is -1.05. The molecule has 0 unspecified atom stereocenters. The van der Waals surface area contributed by atoms with Crippen LogP contribution in [-0.4, -0.2) is 60.1 Å². The second-order valence-corrected chi connectivity index (χ2v) is 4.48. The Bertz CT molecular complexity index is 719. The molecule has 0 fully saturated rings. The van der Waals surface area contributed by atoms with Crippen LogP contribution in [0.2, 0.25) is 10.0 Å². The van der Waals surface area contributed by atoms with Crippen LogP contribution >= 0.6 is 23.2 Å². The van der Waals surface area contributed by atoms with E-state index < -0.39 is 0 Å². The van der Waals surface area contributed by atoms with E-state index in [1.54, 1.807) is 18.2 Å². The van der Waals surface area contributed by atoms with Crippen LogP contribution in [0, 0.1) is 0 Å². The Morgan fingerprint density at radius 3 is 2.45 bits per heavy atom. The standard InChI is InChI=1S/C11H6Cl2N6.Na/c12-7-2-1-6(3-8(7)13)9-4-10(15-5-14-9)11-16-18-19-17-11;/h1-5H,(H,16,17,18,19);. The zero-order valence-corrected chi connectivity index (χ0v) is 13.9.